The van der Waals surface area contributed by atoms with Gasteiger partial charge in [-0.2, -0.15) is 0 Å². The van der Waals surface area contributed by atoms with Crippen molar-refractivity contribution >= 4 is 27.5 Å². The van der Waals surface area contributed by atoms with Crippen LogP contribution in [0, 0.1) is 0 Å². The first-order valence-electron chi connectivity index (χ1n) is 6.41. The summed E-state index contributed by atoms with van der Waals surface area (Å²) in [5.74, 6) is 0. The van der Waals surface area contributed by atoms with Crippen molar-refractivity contribution < 1.29 is 0 Å². The molecular formula is C16H17BrClN. The Kier molecular flexibility index (Phi) is 5.03. The van der Waals surface area contributed by atoms with Crippen molar-refractivity contribution in [1.29, 1.82) is 0 Å². The smallest absolute Gasteiger partial charge is 0.0552 e. The normalized spacial score (nSPS) is 12.4. The highest BCUT2D eigenvalue weighted by Gasteiger charge is 2.10. The molecule has 0 aromatic heterocycles. The van der Waals surface area contributed by atoms with Gasteiger partial charge >= 0.3 is 0 Å². The van der Waals surface area contributed by atoms with Crippen LogP contribution >= 0.6 is 27.5 Å². The molecule has 0 bridgehead atoms. The van der Waals surface area contributed by atoms with E-state index in [9.17, 15) is 0 Å². The van der Waals surface area contributed by atoms with Crippen LogP contribution < -0.4 is 5.73 Å². The van der Waals surface area contributed by atoms with Crippen LogP contribution in [-0.4, -0.2) is 0 Å². The van der Waals surface area contributed by atoms with Crippen LogP contribution in [0.15, 0.2) is 46.9 Å². The van der Waals surface area contributed by atoms with Crippen molar-refractivity contribution in [3.05, 3.63) is 68.7 Å². The lowest BCUT2D eigenvalue weighted by Crippen LogP contribution is -2.11. The number of hydrogen-bond donors (Lipinski definition) is 1. The lowest BCUT2D eigenvalue weighted by Gasteiger charge is -2.14. The van der Waals surface area contributed by atoms with Crippen LogP contribution in [0.25, 0.3) is 0 Å². The van der Waals surface area contributed by atoms with E-state index in [1.165, 1.54) is 5.56 Å². The summed E-state index contributed by atoms with van der Waals surface area (Å²) in [6, 6.07) is 14.2. The van der Waals surface area contributed by atoms with E-state index in [2.05, 4.69) is 47.1 Å². The fourth-order valence-electron chi connectivity index (χ4n) is 2.08. The predicted octanol–water partition coefficient (Wildman–Crippen LogP) is 5.10. The molecule has 0 fully saturated rings. The zero-order chi connectivity index (χ0) is 13.8. The summed E-state index contributed by atoms with van der Waals surface area (Å²) in [5, 5.41) is 0.690. The van der Waals surface area contributed by atoms with Crippen molar-refractivity contribution in [1.82, 2.24) is 0 Å². The maximum absolute atomic E-state index is 6.29. The minimum absolute atomic E-state index is 0.138. The molecule has 0 aliphatic rings. The number of benzene rings is 2. The van der Waals surface area contributed by atoms with Crippen LogP contribution in [-0.2, 0) is 6.42 Å². The second-order valence-corrected chi connectivity index (χ2v) is 5.90. The second-order valence-electron chi connectivity index (χ2n) is 4.64. The average Bonchev–Trinajstić information content (AvgIpc) is 2.42. The Labute approximate surface area is 127 Å². The Morgan fingerprint density at radius 1 is 1.11 bits per heavy atom. The molecule has 0 aliphatic carbocycles. The number of nitrogens with two attached hydrogens (primary N) is 1. The third-order valence-electron chi connectivity index (χ3n) is 3.18. The zero-order valence-electron chi connectivity index (χ0n) is 10.9. The molecule has 0 spiro atoms. The standard InChI is InChI=1S/C16H17BrClN/c1-2-3-11-4-6-12(7-5-11)16(19)13-8-9-14(17)15(18)10-13/h4-10,16H,2-3,19H2,1H3. The fraction of sp³-hybridized carbons (Fsp3) is 0.250. The Morgan fingerprint density at radius 2 is 1.74 bits per heavy atom. The molecule has 2 aromatic rings. The van der Waals surface area contributed by atoms with Gasteiger partial charge in [0.05, 0.1) is 11.1 Å². The van der Waals surface area contributed by atoms with E-state index < -0.39 is 0 Å². The molecule has 0 saturated carbocycles. The van der Waals surface area contributed by atoms with Crippen LogP contribution in [0.1, 0.15) is 36.1 Å². The molecule has 0 aliphatic heterocycles. The van der Waals surface area contributed by atoms with E-state index in [0.29, 0.717) is 5.02 Å². The third-order valence-corrected chi connectivity index (χ3v) is 4.41. The maximum Gasteiger partial charge on any atom is 0.0552 e. The summed E-state index contributed by atoms with van der Waals surface area (Å²) < 4.78 is 0.892. The highest BCUT2D eigenvalue weighted by atomic mass is 79.9. The highest BCUT2D eigenvalue weighted by molar-refractivity contribution is 9.10. The average molecular weight is 339 g/mol. The van der Waals surface area contributed by atoms with Crippen molar-refractivity contribution in [3.8, 4) is 0 Å². The van der Waals surface area contributed by atoms with Crippen LogP contribution in [0.3, 0.4) is 0 Å². The summed E-state index contributed by atoms with van der Waals surface area (Å²) in [6.07, 6.45) is 2.27. The third kappa shape index (κ3) is 3.59. The van der Waals surface area contributed by atoms with Gasteiger partial charge in [0.15, 0.2) is 0 Å². The SMILES string of the molecule is CCCc1ccc(C(N)c2ccc(Br)c(Cl)c2)cc1. The van der Waals surface area contributed by atoms with Crippen molar-refractivity contribution in [2.75, 3.05) is 0 Å². The summed E-state index contributed by atoms with van der Waals surface area (Å²) in [6.45, 7) is 2.18. The number of rotatable bonds is 4. The molecule has 100 valence electrons. The van der Waals surface area contributed by atoms with Gasteiger partial charge in [-0.15, -0.1) is 0 Å². The second kappa shape index (κ2) is 6.56. The first-order chi connectivity index (χ1) is 9.11. The Bertz CT molecular complexity index is 551. The van der Waals surface area contributed by atoms with Crippen LogP contribution in [0.2, 0.25) is 5.02 Å². The van der Waals surface area contributed by atoms with Crippen molar-refractivity contribution in [2.24, 2.45) is 5.73 Å². The molecule has 0 heterocycles. The van der Waals surface area contributed by atoms with E-state index in [4.69, 9.17) is 17.3 Å². The Balaban J connectivity index is 2.22. The van der Waals surface area contributed by atoms with E-state index in [0.717, 1.165) is 28.4 Å². The van der Waals surface area contributed by atoms with E-state index in [-0.39, 0.29) is 6.04 Å². The van der Waals surface area contributed by atoms with Gasteiger partial charge in [-0.05, 0) is 51.2 Å². The lowest BCUT2D eigenvalue weighted by molar-refractivity contribution is 0.865. The minimum Gasteiger partial charge on any atom is -0.320 e. The Morgan fingerprint density at radius 3 is 2.32 bits per heavy atom. The molecule has 19 heavy (non-hydrogen) atoms. The van der Waals surface area contributed by atoms with Gasteiger partial charge in [-0.1, -0.05) is 55.3 Å². The maximum atomic E-state index is 6.29. The molecular weight excluding hydrogens is 322 g/mol. The molecule has 2 N–H and O–H groups in total. The largest absolute Gasteiger partial charge is 0.320 e. The molecule has 2 rings (SSSR count). The number of aryl methyl sites for hydroxylation is 1. The summed E-state index contributed by atoms with van der Waals surface area (Å²) in [7, 11) is 0. The molecule has 0 radical (unpaired) electrons. The van der Waals surface area contributed by atoms with Gasteiger partial charge in [0.2, 0.25) is 0 Å². The summed E-state index contributed by atoms with van der Waals surface area (Å²) in [5.41, 5.74) is 9.77. The monoisotopic (exact) mass is 337 g/mol. The van der Waals surface area contributed by atoms with Crippen LogP contribution in [0.5, 0.6) is 0 Å². The molecule has 0 saturated heterocycles. The first kappa shape index (κ1) is 14.6. The van der Waals surface area contributed by atoms with Gasteiger partial charge in [0.25, 0.3) is 0 Å². The van der Waals surface area contributed by atoms with Crippen LogP contribution in [0.4, 0.5) is 0 Å². The molecule has 2 aromatic carbocycles. The molecule has 0 amide bonds. The minimum atomic E-state index is -0.138. The van der Waals surface area contributed by atoms with E-state index >= 15 is 0 Å². The van der Waals surface area contributed by atoms with Gasteiger partial charge in [0.1, 0.15) is 0 Å². The first-order valence-corrected chi connectivity index (χ1v) is 7.58. The van der Waals surface area contributed by atoms with Gasteiger partial charge in [-0.25, -0.2) is 0 Å². The number of hydrogen-bond acceptors (Lipinski definition) is 1. The number of halogens is 2. The molecule has 1 atom stereocenters. The predicted molar refractivity (Wildman–Crippen MR) is 85.6 cm³/mol. The van der Waals surface area contributed by atoms with Gasteiger partial charge in [-0.3, -0.25) is 0 Å². The summed E-state index contributed by atoms with van der Waals surface area (Å²) >= 11 is 9.50. The van der Waals surface area contributed by atoms with E-state index in [1.807, 2.05) is 18.2 Å². The van der Waals surface area contributed by atoms with Gasteiger partial charge < -0.3 is 5.73 Å². The van der Waals surface area contributed by atoms with E-state index in [1.54, 1.807) is 0 Å². The van der Waals surface area contributed by atoms with Crippen molar-refractivity contribution in [3.63, 3.8) is 0 Å². The lowest BCUT2D eigenvalue weighted by atomic mass is 9.98. The fourth-order valence-corrected chi connectivity index (χ4v) is 2.51. The van der Waals surface area contributed by atoms with Crippen molar-refractivity contribution in [2.45, 2.75) is 25.8 Å². The topological polar surface area (TPSA) is 26.0 Å². The molecule has 3 heteroatoms. The highest BCUT2D eigenvalue weighted by Crippen LogP contribution is 2.28. The zero-order valence-corrected chi connectivity index (χ0v) is 13.2. The van der Waals surface area contributed by atoms with Gasteiger partial charge in [0, 0.05) is 4.47 Å². The quantitative estimate of drug-likeness (QED) is 0.824. The Hall–Kier alpha value is -0.830. The molecule has 1 nitrogen and oxygen atoms in total. The summed E-state index contributed by atoms with van der Waals surface area (Å²) in [4.78, 5) is 0. The molecule has 1 unspecified atom stereocenters.